The number of carboxylic acids is 1. The third-order valence-corrected chi connectivity index (χ3v) is 4.33. The largest absolute Gasteiger partial charge is 0.478 e. The van der Waals surface area contributed by atoms with Crippen LogP contribution in [0.15, 0.2) is 40.6 Å². The van der Waals surface area contributed by atoms with Crippen molar-refractivity contribution in [1.82, 2.24) is 9.38 Å². The number of thiophene rings is 1. The molecule has 0 aromatic carbocycles. The average molecular weight is 326 g/mol. The van der Waals surface area contributed by atoms with Gasteiger partial charge in [0.15, 0.2) is 0 Å². The summed E-state index contributed by atoms with van der Waals surface area (Å²) in [7, 11) is 0. The van der Waals surface area contributed by atoms with E-state index in [9.17, 15) is 9.59 Å². The molecule has 0 spiro atoms. The molecule has 0 aliphatic carbocycles. The van der Waals surface area contributed by atoms with Gasteiger partial charge in [-0.1, -0.05) is 13.0 Å². The highest BCUT2D eigenvalue weighted by Crippen LogP contribution is 2.15. The summed E-state index contributed by atoms with van der Waals surface area (Å²) in [5.41, 5.74) is 1.45. The highest BCUT2D eigenvalue weighted by molar-refractivity contribution is 7.10. The summed E-state index contributed by atoms with van der Waals surface area (Å²) in [4.78, 5) is 29.3. The van der Waals surface area contributed by atoms with Gasteiger partial charge >= 0.3 is 5.97 Å². The predicted octanol–water partition coefficient (Wildman–Crippen LogP) is 3.19. The average Bonchev–Trinajstić information content (AvgIpc) is 3.06. The van der Waals surface area contributed by atoms with E-state index in [0.29, 0.717) is 23.3 Å². The number of fused-ring (bicyclic) bond motifs is 1. The Hall–Kier alpha value is -2.73. The molecule has 5 nitrogen and oxygen atoms in total. The van der Waals surface area contributed by atoms with Crippen LogP contribution in [-0.4, -0.2) is 20.5 Å². The monoisotopic (exact) mass is 326 g/mol. The normalized spacial score (nSPS) is 11.3. The van der Waals surface area contributed by atoms with Crippen molar-refractivity contribution in [3.63, 3.8) is 0 Å². The summed E-state index contributed by atoms with van der Waals surface area (Å²) in [5, 5.41) is 11.0. The van der Waals surface area contributed by atoms with Crippen LogP contribution < -0.4 is 5.56 Å². The summed E-state index contributed by atoms with van der Waals surface area (Å²) >= 11 is 1.61. The molecule has 0 radical (unpaired) electrons. The highest BCUT2D eigenvalue weighted by atomic mass is 32.1. The molecule has 0 amide bonds. The second-order valence-electron chi connectivity index (χ2n) is 4.93. The third kappa shape index (κ3) is 2.93. The van der Waals surface area contributed by atoms with Crippen molar-refractivity contribution >= 4 is 35.1 Å². The van der Waals surface area contributed by atoms with E-state index in [1.54, 1.807) is 17.4 Å². The maximum Gasteiger partial charge on any atom is 0.337 e. The van der Waals surface area contributed by atoms with Gasteiger partial charge in [0.1, 0.15) is 5.65 Å². The molecule has 0 saturated carbocycles. The summed E-state index contributed by atoms with van der Waals surface area (Å²) < 4.78 is 1.30. The molecule has 0 unspecified atom stereocenters. The van der Waals surface area contributed by atoms with Gasteiger partial charge in [0, 0.05) is 16.6 Å². The van der Waals surface area contributed by atoms with E-state index >= 15 is 0 Å². The molecule has 3 heterocycles. The molecule has 0 atom stereocenters. The second-order valence-corrected chi connectivity index (χ2v) is 5.91. The topological polar surface area (TPSA) is 71.7 Å². The number of rotatable bonds is 4. The first-order chi connectivity index (χ1) is 11.1. The summed E-state index contributed by atoms with van der Waals surface area (Å²) in [5.74, 6) is -1.07. The number of hydrogen-bond donors (Lipinski definition) is 1. The number of aromatic nitrogens is 2. The molecular formula is C17H14N2O3S. The lowest BCUT2D eigenvalue weighted by atomic mass is 10.1. The molecule has 0 aliphatic rings. The lowest BCUT2D eigenvalue weighted by Crippen LogP contribution is -2.21. The van der Waals surface area contributed by atoms with Crippen LogP contribution in [-0.2, 0) is 6.42 Å². The van der Waals surface area contributed by atoms with E-state index in [0.717, 1.165) is 4.88 Å². The van der Waals surface area contributed by atoms with Crippen LogP contribution in [0.5, 0.6) is 0 Å². The first kappa shape index (κ1) is 15.2. The fourth-order valence-electron chi connectivity index (χ4n) is 2.34. The Labute approximate surface area is 136 Å². The van der Waals surface area contributed by atoms with E-state index in [1.807, 2.05) is 36.6 Å². The molecule has 6 heteroatoms. The minimum Gasteiger partial charge on any atom is -0.478 e. The number of carbonyl (C=O) groups is 1. The summed E-state index contributed by atoms with van der Waals surface area (Å²) in [6.07, 6.45) is 5.60. The van der Waals surface area contributed by atoms with Crippen molar-refractivity contribution in [3.8, 4) is 0 Å². The van der Waals surface area contributed by atoms with E-state index < -0.39 is 5.97 Å². The zero-order valence-corrected chi connectivity index (χ0v) is 13.2. The SMILES string of the molecule is CCc1c(C=Cc2cccs2)nc2ccc(C(=O)O)cn2c1=O. The van der Waals surface area contributed by atoms with Crippen molar-refractivity contribution in [2.75, 3.05) is 0 Å². The quantitative estimate of drug-likeness (QED) is 0.799. The van der Waals surface area contributed by atoms with Gasteiger partial charge in [-0.2, -0.15) is 0 Å². The lowest BCUT2D eigenvalue weighted by molar-refractivity contribution is 0.0696. The number of carboxylic acid groups (broad SMARTS) is 1. The first-order valence-electron chi connectivity index (χ1n) is 7.10. The molecule has 23 heavy (non-hydrogen) atoms. The van der Waals surface area contributed by atoms with Gasteiger partial charge in [-0.05, 0) is 42.2 Å². The Morgan fingerprint density at radius 1 is 1.35 bits per heavy atom. The fourth-order valence-corrected chi connectivity index (χ4v) is 2.95. The van der Waals surface area contributed by atoms with Crippen LogP contribution in [0.2, 0.25) is 0 Å². The van der Waals surface area contributed by atoms with Crippen LogP contribution in [0.3, 0.4) is 0 Å². The first-order valence-corrected chi connectivity index (χ1v) is 7.98. The molecule has 3 rings (SSSR count). The zero-order valence-electron chi connectivity index (χ0n) is 12.4. The van der Waals surface area contributed by atoms with Crippen LogP contribution in [0, 0.1) is 0 Å². The molecule has 0 aliphatic heterocycles. The Bertz CT molecular complexity index is 956. The number of pyridine rings is 1. The molecular weight excluding hydrogens is 312 g/mol. The molecule has 116 valence electrons. The summed E-state index contributed by atoms with van der Waals surface area (Å²) in [6.45, 7) is 1.88. The fraction of sp³-hybridized carbons (Fsp3) is 0.118. The minimum absolute atomic E-state index is 0.0605. The standard InChI is InChI=1S/C17H14N2O3S/c1-2-13-14(7-6-12-4-3-9-23-12)18-15-8-5-11(17(21)22)10-19(15)16(13)20/h3-10H,2H2,1H3,(H,21,22). The molecule has 0 fully saturated rings. The molecule has 3 aromatic rings. The second kappa shape index (κ2) is 6.18. The Morgan fingerprint density at radius 2 is 2.17 bits per heavy atom. The third-order valence-electron chi connectivity index (χ3n) is 3.50. The van der Waals surface area contributed by atoms with Gasteiger partial charge in [-0.25, -0.2) is 9.78 Å². The maximum atomic E-state index is 12.6. The Kier molecular flexibility index (Phi) is 4.08. The van der Waals surface area contributed by atoms with Gasteiger partial charge in [-0.15, -0.1) is 11.3 Å². The maximum absolute atomic E-state index is 12.6. The van der Waals surface area contributed by atoms with Crippen molar-refractivity contribution in [1.29, 1.82) is 0 Å². The Balaban J connectivity index is 2.17. The van der Waals surface area contributed by atoms with Gasteiger partial charge in [0.2, 0.25) is 0 Å². The van der Waals surface area contributed by atoms with E-state index in [4.69, 9.17) is 5.11 Å². The zero-order chi connectivity index (χ0) is 16.4. The van der Waals surface area contributed by atoms with Gasteiger partial charge in [0.05, 0.1) is 11.3 Å². The van der Waals surface area contributed by atoms with E-state index in [2.05, 4.69) is 4.98 Å². The molecule has 0 saturated heterocycles. The van der Waals surface area contributed by atoms with Crippen molar-refractivity contribution in [2.45, 2.75) is 13.3 Å². The smallest absolute Gasteiger partial charge is 0.337 e. The van der Waals surface area contributed by atoms with Crippen LogP contribution in [0.4, 0.5) is 0 Å². The van der Waals surface area contributed by atoms with Gasteiger partial charge < -0.3 is 5.11 Å². The number of nitrogens with zero attached hydrogens (tertiary/aromatic N) is 2. The van der Waals surface area contributed by atoms with Gasteiger partial charge in [0.25, 0.3) is 5.56 Å². The number of aromatic carboxylic acids is 1. The van der Waals surface area contributed by atoms with E-state index in [-0.39, 0.29) is 11.1 Å². The molecule has 0 bridgehead atoms. The van der Waals surface area contributed by atoms with Crippen molar-refractivity contribution < 1.29 is 9.90 Å². The molecule has 3 aromatic heterocycles. The predicted molar refractivity (Wildman–Crippen MR) is 91.0 cm³/mol. The summed E-state index contributed by atoms with van der Waals surface area (Å²) in [6, 6.07) is 6.94. The Morgan fingerprint density at radius 3 is 2.83 bits per heavy atom. The number of hydrogen-bond acceptors (Lipinski definition) is 4. The van der Waals surface area contributed by atoms with Crippen molar-refractivity contribution in [2.24, 2.45) is 0 Å². The van der Waals surface area contributed by atoms with Gasteiger partial charge in [-0.3, -0.25) is 9.20 Å². The van der Waals surface area contributed by atoms with Crippen LogP contribution in [0.1, 0.15) is 33.4 Å². The minimum atomic E-state index is -1.07. The van der Waals surface area contributed by atoms with Crippen LogP contribution >= 0.6 is 11.3 Å². The molecule has 1 N–H and O–H groups in total. The van der Waals surface area contributed by atoms with Crippen LogP contribution in [0.25, 0.3) is 17.8 Å². The highest BCUT2D eigenvalue weighted by Gasteiger charge is 2.11. The van der Waals surface area contributed by atoms with Crippen molar-refractivity contribution in [3.05, 3.63) is 67.9 Å². The van der Waals surface area contributed by atoms with E-state index in [1.165, 1.54) is 16.7 Å². The lowest BCUT2D eigenvalue weighted by Gasteiger charge is -2.07.